The second-order valence-electron chi connectivity index (χ2n) is 5.17. The molecule has 8 heteroatoms. The Labute approximate surface area is 153 Å². The molecule has 0 atom stereocenters. The summed E-state index contributed by atoms with van der Waals surface area (Å²) < 4.78 is 11.7. The van der Waals surface area contributed by atoms with Crippen LogP contribution in [0.2, 0.25) is 0 Å². The first-order valence-corrected chi connectivity index (χ1v) is 10.0. The average molecular weight is 380 g/mol. The van der Waals surface area contributed by atoms with Crippen molar-refractivity contribution < 1.29 is 9.47 Å². The highest BCUT2D eigenvalue weighted by Gasteiger charge is 2.10. The SMILES string of the molecule is COc1cccc(-c2nc(CSc3nnc(OC(C)C)s3)cs2)c1. The number of hydrogen-bond donors (Lipinski definition) is 0. The summed E-state index contributed by atoms with van der Waals surface area (Å²) in [4.78, 5) is 4.69. The maximum Gasteiger partial charge on any atom is 0.295 e. The Morgan fingerprint density at radius 3 is 2.92 bits per heavy atom. The fourth-order valence-corrected chi connectivity index (χ4v) is 4.52. The lowest BCUT2D eigenvalue weighted by Gasteiger charge is -2.02. The Bertz CT molecular complexity index is 801. The first-order valence-electron chi connectivity index (χ1n) is 7.36. The molecule has 0 N–H and O–H groups in total. The van der Waals surface area contributed by atoms with Crippen molar-refractivity contribution in [3.8, 4) is 21.5 Å². The molecule has 126 valence electrons. The molecule has 0 radical (unpaired) electrons. The predicted octanol–water partition coefficient (Wildman–Crippen LogP) is 4.75. The Hall–Kier alpha value is -1.64. The number of hydrogen-bond acceptors (Lipinski definition) is 8. The minimum Gasteiger partial charge on any atom is -0.497 e. The molecular weight excluding hydrogens is 362 g/mol. The van der Waals surface area contributed by atoms with E-state index in [-0.39, 0.29) is 6.10 Å². The maximum absolute atomic E-state index is 5.54. The molecule has 0 fully saturated rings. The van der Waals surface area contributed by atoms with E-state index in [1.165, 1.54) is 11.3 Å². The standard InChI is InChI=1S/C16H17N3O2S3/c1-10(2)21-15-18-19-16(24-15)23-9-12-8-22-14(17-12)11-5-4-6-13(7-11)20-3/h4-8,10H,9H2,1-3H3. The van der Waals surface area contributed by atoms with Crippen LogP contribution < -0.4 is 9.47 Å². The van der Waals surface area contributed by atoms with Crippen molar-refractivity contribution in [1.29, 1.82) is 0 Å². The third kappa shape index (κ3) is 4.46. The van der Waals surface area contributed by atoms with Crippen molar-refractivity contribution in [2.75, 3.05) is 7.11 Å². The predicted molar refractivity (Wildman–Crippen MR) is 99.3 cm³/mol. The Kier molecular flexibility index (Phi) is 5.70. The van der Waals surface area contributed by atoms with E-state index in [4.69, 9.17) is 14.5 Å². The number of methoxy groups -OCH3 is 1. The highest BCUT2D eigenvalue weighted by Crippen LogP contribution is 2.32. The number of thioether (sulfide) groups is 1. The van der Waals surface area contributed by atoms with E-state index in [0.717, 1.165) is 32.1 Å². The van der Waals surface area contributed by atoms with Gasteiger partial charge in [-0.15, -0.1) is 16.4 Å². The number of benzene rings is 1. The molecular formula is C16H17N3O2S3. The fraction of sp³-hybridized carbons (Fsp3) is 0.312. The molecule has 1 aromatic carbocycles. The van der Waals surface area contributed by atoms with Gasteiger partial charge in [0, 0.05) is 16.7 Å². The fourth-order valence-electron chi connectivity index (χ4n) is 1.90. The van der Waals surface area contributed by atoms with E-state index >= 15 is 0 Å². The Morgan fingerprint density at radius 1 is 1.25 bits per heavy atom. The van der Waals surface area contributed by atoms with Crippen molar-refractivity contribution in [2.45, 2.75) is 30.0 Å². The lowest BCUT2D eigenvalue weighted by atomic mass is 10.2. The second-order valence-corrected chi connectivity index (χ2v) is 8.19. The smallest absolute Gasteiger partial charge is 0.295 e. The molecule has 3 aromatic rings. The number of rotatable bonds is 7. The molecule has 0 aliphatic rings. The van der Waals surface area contributed by atoms with Crippen LogP contribution in [0, 0.1) is 0 Å². The molecule has 5 nitrogen and oxygen atoms in total. The van der Waals surface area contributed by atoms with E-state index in [1.54, 1.807) is 30.2 Å². The Morgan fingerprint density at radius 2 is 2.12 bits per heavy atom. The third-order valence-electron chi connectivity index (χ3n) is 2.94. The monoisotopic (exact) mass is 379 g/mol. The minimum absolute atomic E-state index is 0.111. The summed E-state index contributed by atoms with van der Waals surface area (Å²) in [7, 11) is 1.67. The van der Waals surface area contributed by atoms with E-state index < -0.39 is 0 Å². The molecule has 0 saturated carbocycles. The van der Waals surface area contributed by atoms with Gasteiger partial charge in [-0.2, -0.15) is 0 Å². The molecule has 0 saturated heterocycles. The topological polar surface area (TPSA) is 57.1 Å². The van der Waals surface area contributed by atoms with Crippen molar-refractivity contribution in [3.05, 3.63) is 35.3 Å². The van der Waals surface area contributed by atoms with Crippen LogP contribution in [-0.2, 0) is 5.75 Å². The third-order valence-corrected chi connectivity index (χ3v) is 5.86. The van der Waals surface area contributed by atoms with Gasteiger partial charge in [-0.05, 0) is 37.3 Å². The van der Waals surface area contributed by atoms with Gasteiger partial charge in [-0.3, -0.25) is 0 Å². The molecule has 0 aliphatic heterocycles. The number of nitrogens with zero attached hydrogens (tertiary/aromatic N) is 3. The van der Waals surface area contributed by atoms with Gasteiger partial charge in [0.25, 0.3) is 5.19 Å². The van der Waals surface area contributed by atoms with Crippen LogP contribution in [0.5, 0.6) is 10.9 Å². The first kappa shape index (κ1) is 17.2. The molecule has 3 rings (SSSR count). The normalized spacial score (nSPS) is 11.0. The second kappa shape index (κ2) is 7.96. The van der Waals surface area contributed by atoms with E-state index in [9.17, 15) is 0 Å². The van der Waals surface area contributed by atoms with Crippen LogP contribution in [0.4, 0.5) is 0 Å². The largest absolute Gasteiger partial charge is 0.497 e. The van der Waals surface area contributed by atoms with E-state index in [1.807, 2.05) is 38.1 Å². The Balaban J connectivity index is 1.62. The summed E-state index contributed by atoms with van der Waals surface area (Å²) in [6.45, 7) is 3.95. The molecule has 0 aliphatic carbocycles. The molecule has 24 heavy (non-hydrogen) atoms. The van der Waals surface area contributed by atoms with Crippen molar-refractivity contribution >= 4 is 34.4 Å². The van der Waals surface area contributed by atoms with Gasteiger partial charge in [-0.1, -0.05) is 29.0 Å². The summed E-state index contributed by atoms with van der Waals surface area (Å²) >= 11 is 4.72. The highest BCUT2D eigenvalue weighted by molar-refractivity contribution is 8.00. The van der Waals surface area contributed by atoms with Gasteiger partial charge < -0.3 is 9.47 Å². The number of thiazole rings is 1. The van der Waals surface area contributed by atoms with Crippen LogP contribution in [0.15, 0.2) is 34.0 Å². The van der Waals surface area contributed by atoms with Gasteiger partial charge in [0.15, 0.2) is 4.34 Å². The summed E-state index contributed by atoms with van der Waals surface area (Å²) in [6.07, 6.45) is 0.111. The minimum atomic E-state index is 0.111. The zero-order valence-electron chi connectivity index (χ0n) is 13.6. The average Bonchev–Trinajstić information content (AvgIpc) is 3.22. The van der Waals surface area contributed by atoms with Gasteiger partial charge in [-0.25, -0.2) is 4.98 Å². The van der Waals surface area contributed by atoms with E-state index in [0.29, 0.717) is 5.19 Å². The quantitative estimate of drug-likeness (QED) is 0.552. The summed E-state index contributed by atoms with van der Waals surface area (Å²) in [6, 6.07) is 7.94. The molecule has 2 aromatic heterocycles. The van der Waals surface area contributed by atoms with Gasteiger partial charge in [0.1, 0.15) is 10.8 Å². The van der Waals surface area contributed by atoms with E-state index in [2.05, 4.69) is 15.6 Å². The van der Waals surface area contributed by atoms with Crippen molar-refractivity contribution in [1.82, 2.24) is 15.2 Å². The molecule has 0 amide bonds. The molecule has 0 spiro atoms. The lowest BCUT2D eigenvalue weighted by molar-refractivity contribution is 0.239. The number of ether oxygens (including phenoxy) is 2. The number of aromatic nitrogens is 3. The van der Waals surface area contributed by atoms with Crippen LogP contribution in [0.1, 0.15) is 19.5 Å². The van der Waals surface area contributed by atoms with Crippen LogP contribution in [0.25, 0.3) is 10.6 Å². The van der Waals surface area contributed by atoms with Crippen LogP contribution in [0.3, 0.4) is 0 Å². The molecule has 2 heterocycles. The van der Waals surface area contributed by atoms with Gasteiger partial charge >= 0.3 is 0 Å². The van der Waals surface area contributed by atoms with Crippen LogP contribution >= 0.6 is 34.4 Å². The highest BCUT2D eigenvalue weighted by atomic mass is 32.2. The zero-order valence-corrected chi connectivity index (χ0v) is 16.0. The van der Waals surface area contributed by atoms with Crippen LogP contribution in [-0.4, -0.2) is 28.4 Å². The summed E-state index contributed by atoms with van der Waals surface area (Å²) in [5, 5.41) is 11.9. The van der Waals surface area contributed by atoms with Crippen molar-refractivity contribution in [3.63, 3.8) is 0 Å². The molecule has 0 bridgehead atoms. The van der Waals surface area contributed by atoms with Gasteiger partial charge in [0.2, 0.25) is 0 Å². The summed E-state index contributed by atoms with van der Waals surface area (Å²) in [5.41, 5.74) is 2.10. The molecule has 0 unspecified atom stereocenters. The van der Waals surface area contributed by atoms with Crippen molar-refractivity contribution in [2.24, 2.45) is 0 Å². The first-order chi connectivity index (χ1) is 11.6. The lowest BCUT2D eigenvalue weighted by Crippen LogP contribution is -2.04. The summed E-state index contributed by atoms with van der Waals surface area (Å²) in [5.74, 6) is 1.60. The zero-order chi connectivity index (χ0) is 16.9. The van der Waals surface area contributed by atoms with Gasteiger partial charge in [0.05, 0.1) is 18.9 Å². The maximum atomic E-state index is 5.54.